The standard InChI is InChI=1S/C29H27NO7/c1-5-37-29(35)18-9-11-20(12-10-18)30-24(19-7-6-8-21(31)15-19)23(26(33)28(30)34)25(32)22-14-16(2)13-17(3)27(22)36-4/h6-15,24,31-32H,5H2,1-4H3/b25-23+. The van der Waals surface area contributed by atoms with Gasteiger partial charge in [-0.25, -0.2) is 4.79 Å². The van der Waals surface area contributed by atoms with Crippen molar-refractivity contribution in [2.75, 3.05) is 18.6 Å². The van der Waals surface area contributed by atoms with Gasteiger partial charge >= 0.3 is 5.97 Å². The molecule has 190 valence electrons. The van der Waals surface area contributed by atoms with Crippen LogP contribution in [0.5, 0.6) is 11.5 Å². The van der Waals surface area contributed by atoms with E-state index in [1.54, 1.807) is 25.1 Å². The predicted molar refractivity (Wildman–Crippen MR) is 138 cm³/mol. The van der Waals surface area contributed by atoms with Crippen molar-refractivity contribution in [1.29, 1.82) is 0 Å². The summed E-state index contributed by atoms with van der Waals surface area (Å²) < 4.78 is 10.5. The second kappa shape index (κ2) is 10.2. The molecule has 0 spiro atoms. The Hall–Kier alpha value is -4.59. The predicted octanol–water partition coefficient (Wildman–Crippen LogP) is 4.82. The van der Waals surface area contributed by atoms with Crippen molar-refractivity contribution in [3.63, 3.8) is 0 Å². The van der Waals surface area contributed by atoms with Gasteiger partial charge in [0, 0.05) is 5.69 Å². The average molecular weight is 502 g/mol. The number of aromatic hydroxyl groups is 1. The number of carbonyl (C=O) groups is 3. The third-order valence-corrected chi connectivity index (χ3v) is 6.17. The summed E-state index contributed by atoms with van der Waals surface area (Å²) in [6, 6.07) is 14.7. The second-order valence-corrected chi connectivity index (χ2v) is 8.69. The van der Waals surface area contributed by atoms with Crippen molar-refractivity contribution in [2.45, 2.75) is 26.8 Å². The number of rotatable bonds is 6. The highest BCUT2D eigenvalue weighted by atomic mass is 16.5. The van der Waals surface area contributed by atoms with E-state index in [4.69, 9.17) is 9.47 Å². The molecule has 37 heavy (non-hydrogen) atoms. The minimum atomic E-state index is -1.05. The fourth-order valence-electron chi connectivity index (χ4n) is 4.63. The smallest absolute Gasteiger partial charge is 0.338 e. The minimum absolute atomic E-state index is 0.0651. The van der Waals surface area contributed by atoms with Gasteiger partial charge in [-0.1, -0.05) is 18.2 Å². The van der Waals surface area contributed by atoms with Gasteiger partial charge in [0.05, 0.1) is 36.5 Å². The van der Waals surface area contributed by atoms with E-state index in [-0.39, 0.29) is 34.8 Å². The van der Waals surface area contributed by atoms with E-state index < -0.39 is 23.7 Å². The van der Waals surface area contributed by atoms with Crippen LogP contribution in [0, 0.1) is 13.8 Å². The lowest BCUT2D eigenvalue weighted by molar-refractivity contribution is -0.132. The molecule has 0 radical (unpaired) electrons. The fourth-order valence-corrected chi connectivity index (χ4v) is 4.63. The Kier molecular flexibility index (Phi) is 7.02. The summed E-state index contributed by atoms with van der Waals surface area (Å²) in [6.07, 6.45) is 0. The number of ether oxygens (including phenoxy) is 2. The first-order valence-corrected chi connectivity index (χ1v) is 11.7. The molecule has 1 fully saturated rings. The third kappa shape index (κ3) is 4.65. The summed E-state index contributed by atoms with van der Waals surface area (Å²) in [5.41, 5.74) is 2.75. The number of amides is 1. The number of aliphatic hydroxyl groups is 1. The first-order valence-electron chi connectivity index (χ1n) is 11.7. The number of anilines is 1. The molecule has 8 nitrogen and oxygen atoms in total. The lowest BCUT2D eigenvalue weighted by Crippen LogP contribution is -2.29. The SMILES string of the molecule is CCOC(=O)c1ccc(N2C(=O)C(=O)/C(=C(/O)c3cc(C)cc(C)c3OC)C2c2cccc(O)c2)cc1. The molecule has 4 rings (SSSR count). The molecule has 3 aromatic carbocycles. The van der Waals surface area contributed by atoms with Gasteiger partial charge in [-0.05, 0) is 79.9 Å². The summed E-state index contributed by atoms with van der Waals surface area (Å²) >= 11 is 0. The molecule has 8 heteroatoms. The largest absolute Gasteiger partial charge is 0.508 e. The van der Waals surface area contributed by atoms with Crippen LogP contribution in [-0.4, -0.2) is 41.6 Å². The van der Waals surface area contributed by atoms with Crippen LogP contribution in [-0.2, 0) is 14.3 Å². The zero-order valence-electron chi connectivity index (χ0n) is 20.9. The van der Waals surface area contributed by atoms with Crippen LogP contribution >= 0.6 is 0 Å². The van der Waals surface area contributed by atoms with E-state index in [0.717, 1.165) is 11.1 Å². The number of aryl methyl sites for hydroxylation is 2. The van der Waals surface area contributed by atoms with Crippen molar-refractivity contribution in [2.24, 2.45) is 0 Å². The fraction of sp³-hybridized carbons (Fsp3) is 0.207. The molecule has 0 aromatic heterocycles. The number of carbonyl (C=O) groups excluding carboxylic acids is 3. The molecule has 1 amide bonds. The highest BCUT2D eigenvalue weighted by Gasteiger charge is 2.47. The number of hydrogen-bond donors (Lipinski definition) is 2. The van der Waals surface area contributed by atoms with Gasteiger partial charge in [-0.3, -0.25) is 14.5 Å². The second-order valence-electron chi connectivity index (χ2n) is 8.69. The number of hydrogen-bond acceptors (Lipinski definition) is 7. The van der Waals surface area contributed by atoms with Gasteiger partial charge in [0.1, 0.15) is 17.3 Å². The Bertz CT molecular complexity index is 1420. The number of methoxy groups -OCH3 is 1. The van der Waals surface area contributed by atoms with Gasteiger partial charge in [0.25, 0.3) is 11.7 Å². The summed E-state index contributed by atoms with van der Waals surface area (Å²) in [7, 11) is 1.46. The maximum atomic E-state index is 13.4. The van der Waals surface area contributed by atoms with Crippen LogP contribution < -0.4 is 9.64 Å². The van der Waals surface area contributed by atoms with E-state index >= 15 is 0 Å². The Labute approximate surface area is 214 Å². The van der Waals surface area contributed by atoms with Crippen molar-refractivity contribution >= 4 is 29.1 Å². The Balaban J connectivity index is 1.93. The summed E-state index contributed by atoms with van der Waals surface area (Å²) in [5.74, 6) is -2.33. The highest BCUT2D eigenvalue weighted by molar-refractivity contribution is 6.51. The number of Topliss-reactive ketones (excluding diaryl/α,β-unsaturated/α-hetero) is 1. The number of esters is 1. The van der Waals surface area contributed by atoms with Gasteiger partial charge < -0.3 is 19.7 Å². The summed E-state index contributed by atoms with van der Waals surface area (Å²) in [4.78, 5) is 40.1. The molecular weight excluding hydrogens is 474 g/mol. The zero-order chi connectivity index (χ0) is 26.9. The van der Waals surface area contributed by atoms with Crippen LogP contribution in [0.15, 0.2) is 66.2 Å². The minimum Gasteiger partial charge on any atom is -0.508 e. The quantitative estimate of drug-likeness (QED) is 0.215. The molecule has 0 bridgehead atoms. The molecule has 1 aliphatic rings. The highest BCUT2D eigenvalue weighted by Crippen LogP contribution is 2.44. The van der Waals surface area contributed by atoms with E-state index in [1.807, 2.05) is 19.9 Å². The van der Waals surface area contributed by atoms with Crippen molar-refractivity contribution in [1.82, 2.24) is 0 Å². The molecule has 1 heterocycles. The Morgan fingerprint density at radius 1 is 1.03 bits per heavy atom. The number of ketones is 1. The van der Waals surface area contributed by atoms with E-state index in [0.29, 0.717) is 17.0 Å². The van der Waals surface area contributed by atoms with Crippen molar-refractivity contribution in [3.05, 3.63) is 94.1 Å². The molecule has 1 aliphatic heterocycles. The van der Waals surface area contributed by atoms with Crippen molar-refractivity contribution in [3.8, 4) is 11.5 Å². The number of phenols is 1. The topological polar surface area (TPSA) is 113 Å². The maximum Gasteiger partial charge on any atom is 0.338 e. The van der Waals surface area contributed by atoms with Crippen LogP contribution in [0.2, 0.25) is 0 Å². The van der Waals surface area contributed by atoms with E-state index in [2.05, 4.69) is 0 Å². The van der Waals surface area contributed by atoms with Gasteiger partial charge in [-0.15, -0.1) is 0 Å². The van der Waals surface area contributed by atoms with Crippen LogP contribution in [0.3, 0.4) is 0 Å². The lowest BCUT2D eigenvalue weighted by atomic mass is 9.93. The first-order chi connectivity index (χ1) is 17.7. The molecule has 1 unspecified atom stereocenters. The molecule has 3 aromatic rings. The molecular formula is C29H27NO7. The molecule has 1 saturated heterocycles. The monoisotopic (exact) mass is 501 g/mol. The molecule has 1 atom stereocenters. The van der Waals surface area contributed by atoms with Crippen molar-refractivity contribution < 1.29 is 34.1 Å². The van der Waals surface area contributed by atoms with Crippen LogP contribution in [0.4, 0.5) is 5.69 Å². The average Bonchev–Trinajstić information content (AvgIpc) is 3.13. The lowest BCUT2D eigenvalue weighted by Gasteiger charge is -2.26. The van der Waals surface area contributed by atoms with Gasteiger partial charge in [0.2, 0.25) is 0 Å². The molecule has 0 aliphatic carbocycles. The van der Waals surface area contributed by atoms with Gasteiger partial charge in [0.15, 0.2) is 0 Å². The number of phenolic OH excluding ortho intramolecular Hbond substituents is 1. The van der Waals surface area contributed by atoms with Crippen LogP contribution in [0.1, 0.15) is 45.6 Å². The Morgan fingerprint density at radius 2 is 1.73 bits per heavy atom. The summed E-state index contributed by atoms with van der Waals surface area (Å²) in [6.45, 7) is 5.58. The maximum absolute atomic E-state index is 13.4. The number of nitrogens with zero attached hydrogens (tertiary/aromatic N) is 1. The zero-order valence-corrected chi connectivity index (χ0v) is 20.9. The Morgan fingerprint density at radius 3 is 2.35 bits per heavy atom. The number of aliphatic hydroxyl groups excluding tert-OH is 1. The third-order valence-electron chi connectivity index (χ3n) is 6.17. The molecule has 0 saturated carbocycles. The molecule has 2 N–H and O–H groups in total. The first kappa shape index (κ1) is 25.5. The number of benzene rings is 3. The normalized spacial score (nSPS) is 16.6. The van der Waals surface area contributed by atoms with E-state index in [1.165, 1.54) is 48.4 Å². The van der Waals surface area contributed by atoms with E-state index in [9.17, 15) is 24.6 Å². The van der Waals surface area contributed by atoms with Gasteiger partial charge in [-0.2, -0.15) is 0 Å². The van der Waals surface area contributed by atoms with Crippen LogP contribution in [0.25, 0.3) is 5.76 Å². The summed E-state index contributed by atoms with van der Waals surface area (Å²) in [5, 5.41) is 21.7.